The Morgan fingerprint density at radius 2 is 1.08 bits per heavy atom. The number of nitro groups is 1. The van der Waals surface area contributed by atoms with E-state index >= 15 is 0 Å². The van der Waals surface area contributed by atoms with E-state index in [4.69, 9.17) is 57.2 Å². The number of nitrogen functional groups attached to an aromatic ring is 1. The van der Waals surface area contributed by atoms with Crippen molar-refractivity contribution in [3.8, 4) is 17.2 Å². The van der Waals surface area contributed by atoms with E-state index in [0.29, 0.717) is 81.3 Å². The van der Waals surface area contributed by atoms with Crippen molar-refractivity contribution in [1.29, 1.82) is 0 Å². The maximum Gasteiger partial charge on any atom is 0.272 e. The van der Waals surface area contributed by atoms with Crippen molar-refractivity contribution < 1.29 is 55.0 Å². The number of aromatic nitrogens is 2. The van der Waals surface area contributed by atoms with E-state index in [1.54, 1.807) is 66.7 Å². The molecule has 0 saturated heterocycles. The van der Waals surface area contributed by atoms with Gasteiger partial charge in [0.05, 0.1) is 4.92 Å². The summed E-state index contributed by atoms with van der Waals surface area (Å²) >= 11 is 23.1. The molecule has 0 saturated carbocycles. The number of rotatable bonds is 18. The third-order valence-corrected chi connectivity index (χ3v) is 12.2. The number of nitro benzene ring substituents is 1. The molecule has 2 heterocycles. The number of aryl methyl sites for hydroxylation is 3. The number of fused-ring (bicyclic) bond motifs is 2. The molecule has 0 bridgehead atoms. The fourth-order valence-corrected chi connectivity index (χ4v) is 8.56. The van der Waals surface area contributed by atoms with Crippen LogP contribution in [0.25, 0.3) is 21.8 Å². The first-order valence-corrected chi connectivity index (χ1v) is 25.4. The minimum absolute atomic E-state index is 0. The number of nitrogens with one attached hydrogen (secondary N) is 5. The molecule has 8 aromatic rings. The fraction of sp³-hybridized carbons (Fsp3) is 0.200. The van der Waals surface area contributed by atoms with Gasteiger partial charge < -0.3 is 59.3 Å². The number of phenolic OH excluding ortho intramolecular Hbond substituents is 3. The summed E-state index contributed by atoms with van der Waals surface area (Å²) in [5.41, 5.74) is 13.9. The zero-order valence-corrected chi connectivity index (χ0v) is 46.0. The number of aromatic amines is 2. The predicted octanol–water partition coefficient (Wildman–Crippen LogP) is 12.6. The van der Waals surface area contributed by atoms with Crippen LogP contribution in [0.15, 0.2) is 127 Å². The third-order valence-electron chi connectivity index (χ3n) is 11.4. The summed E-state index contributed by atoms with van der Waals surface area (Å²) in [5, 5.41) is 49.1. The maximum absolute atomic E-state index is 12.9. The summed E-state index contributed by atoms with van der Waals surface area (Å²) in [6, 6.07) is 34.9. The molecule has 0 fully saturated rings. The van der Waals surface area contributed by atoms with Crippen molar-refractivity contribution in [3.05, 3.63) is 179 Å². The number of nitrogens with zero attached hydrogens (tertiary/aromatic N) is 2. The van der Waals surface area contributed by atoms with Crippen LogP contribution < -0.4 is 26.6 Å². The van der Waals surface area contributed by atoms with E-state index in [9.17, 15) is 34.7 Å². The average molecular weight is 1210 g/mol. The molecule has 21 heteroatoms. The normalized spacial score (nSPS) is 10.4. The molecule has 10 N–H and O–H groups in total. The van der Waals surface area contributed by atoms with Gasteiger partial charge in [0, 0.05) is 143 Å². The largest absolute Gasteiger partial charge is 0.508 e. The van der Waals surface area contributed by atoms with Gasteiger partial charge in [-0.15, -0.1) is 46.4 Å². The van der Waals surface area contributed by atoms with Crippen LogP contribution in [-0.4, -0.2) is 84.5 Å². The molecule has 76 heavy (non-hydrogen) atoms. The summed E-state index contributed by atoms with van der Waals surface area (Å²) in [6.45, 7) is 3.77. The zero-order chi connectivity index (χ0) is 53.3. The molecule has 0 aliphatic rings. The molecule has 404 valence electrons. The molecule has 0 aliphatic carbocycles. The summed E-state index contributed by atoms with van der Waals surface area (Å²) in [4.78, 5) is 56.8. The minimum Gasteiger partial charge on any atom is -0.508 e. The van der Waals surface area contributed by atoms with Gasteiger partial charge in [0.25, 0.3) is 23.4 Å². The molecular formula is C55H57Cl4N8O8Pd-. The summed E-state index contributed by atoms with van der Waals surface area (Å²) in [5.74, 6) is 1.15. The van der Waals surface area contributed by atoms with Crippen molar-refractivity contribution in [3.63, 3.8) is 0 Å². The van der Waals surface area contributed by atoms with Crippen LogP contribution in [0.5, 0.6) is 17.2 Å². The molecular weight excluding hydrogens is 1150 g/mol. The molecule has 6 aromatic carbocycles. The van der Waals surface area contributed by atoms with Gasteiger partial charge in [-0.3, -0.25) is 24.5 Å². The Balaban J connectivity index is 0.000000281. The second kappa shape index (κ2) is 29.9. The molecule has 0 atom stereocenters. The molecule has 0 spiro atoms. The van der Waals surface area contributed by atoms with Gasteiger partial charge in [-0.05, 0) is 121 Å². The standard InChI is InChI=1S/C29H30Cl2N4O3.C17H14ClN3O4.C8H10ClNO.CH3.Pd/c1-2-14-35(15-13-31)23-7-3-20(4-8-23)28(37)32-22-6-10-25-21(16-22)17-27(33-25)29(38)34-26-18-24(36)9-5-19(26)11-12-30;18-6-5-10-1-3-13(22)9-15(10)20-17(23)16-8-11-7-12(21(24)25)2-4-14(11)19-16;9-4-3-6-1-2-7(11)5-8(6)10;;/h3-10,16-18,33,36H,2,11-15H2,1H3,(H,32,37)(H,34,38);1-4,7-9,19,22H,5-6H2,(H,20,23);1-2,5,11H,3-4,10H2;1H3;/q;;;-1;. The number of alkyl halides is 4. The van der Waals surface area contributed by atoms with Crippen LogP contribution in [0.4, 0.5) is 34.1 Å². The number of aromatic hydroxyl groups is 3. The first-order chi connectivity index (χ1) is 35.6. The third kappa shape index (κ3) is 17.0. The Labute approximate surface area is 473 Å². The topological polar surface area (TPSA) is 252 Å². The molecule has 16 nitrogen and oxygen atoms in total. The van der Waals surface area contributed by atoms with E-state index in [2.05, 4.69) is 37.7 Å². The number of phenols is 3. The number of carbonyl (C=O) groups is 3. The van der Waals surface area contributed by atoms with Gasteiger partial charge in [0.15, 0.2) is 0 Å². The van der Waals surface area contributed by atoms with Crippen molar-refractivity contribution >= 4 is 120 Å². The molecule has 0 radical (unpaired) electrons. The van der Waals surface area contributed by atoms with Crippen LogP contribution in [0.1, 0.15) is 61.4 Å². The monoisotopic (exact) mass is 1200 g/mol. The number of anilines is 5. The van der Waals surface area contributed by atoms with E-state index in [1.807, 2.05) is 24.3 Å². The number of amides is 3. The second-order valence-corrected chi connectivity index (χ2v) is 18.2. The summed E-state index contributed by atoms with van der Waals surface area (Å²) < 4.78 is 0. The van der Waals surface area contributed by atoms with Gasteiger partial charge in [-0.1, -0.05) is 25.1 Å². The Morgan fingerprint density at radius 1 is 0.592 bits per heavy atom. The van der Waals surface area contributed by atoms with Crippen LogP contribution >= 0.6 is 46.4 Å². The van der Waals surface area contributed by atoms with Gasteiger partial charge in [-0.25, -0.2) is 0 Å². The van der Waals surface area contributed by atoms with Crippen LogP contribution in [0.2, 0.25) is 0 Å². The van der Waals surface area contributed by atoms with Crippen molar-refractivity contribution in [2.75, 3.05) is 63.2 Å². The molecule has 0 aliphatic heterocycles. The van der Waals surface area contributed by atoms with Gasteiger partial charge >= 0.3 is 0 Å². The number of H-pyrrole nitrogens is 2. The van der Waals surface area contributed by atoms with Crippen LogP contribution in [0, 0.1) is 17.5 Å². The van der Waals surface area contributed by atoms with E-state index < -0.39 is 10.8 Å². The molecule has 0 unspecified atom stereocenters. The first kappa shape index (κ1) is 61.6. The number of carbonyl (C=O) groups excluding carboxylic acids is 3. The number of hydrogen-bond donors (Lipinski definition) is 9. The van der Waals surface area contributed by atoms with Crippen molar-refractivity contribution in [1.82, 2.24) is 9.97 Å². The number of non-ortho nitro benzene ring substituents is 1. The zero-order valence-electron chi connectivity index (χ0n) is 41.4. The Hall–Kier alpha value is -6.97. The van der Waals surface area contributed by atoms with Gasteiger partial charge in [0.2, 0.25) is 0 Å². The summed E-state index contributed by atoms with van der Waals surface area (Å²) in [7, 11) is 0. The van der Waals surface area contributed by atoms with Crippen molar-refractivity contribution in [2.45, 2.75) is 32.6 Å². The smallest absolute Gasteiger partial charge is 0.272 e. The molecule has 2 aromatic heterocycles. The molecule has 3 amide bonds. The van der Waals surface area contributed by atoms with Gasteiger partial charge in [-0.2, -0.15) is 0 Å². The number of nitrogens with two attached hydrogens (primary N) is 1. The number of hydrogen-bond acceptors (Lipinski definition) is 10. The quantitative estimate of drug-likeness (QED) is 0.00981. The Kier molecular flexibility index (Phi) is 24.3. The predicted molar refractivity (Wildman–Crippen MR) is 305 cm³/mol. The first-order valence-electron chi connectivity index (χ1n) is 23.3. The minimum atomic E-state index is -0.489. The summed E-state index contributed by atoms with van der Waals surface area (Å²) in [6.07, 6.45) is 2.85. The number of benzene rings is 6. The number of halogens is 4. The molecule has 8 rings (SSSR count). The van der Waals surface area contributed by atoms with E-state index in [0.717, 1.165) is 59.2 Å². The Morgan fingerprint density at radius 3 is 1.57 bits per heavy atom. The average Bonchev–Trinajstić information content (AvgIpc) is 4.02. The van der Waals surface area contributed by atoms with Crippen molar-refractivity contribution in [2.24, 2.45) is 0 Å². The van der Waals surface area contributed by atoms with E-state index in [-0.39, 0.29) is 68.3 Å². The Bertz CT molecular complexity index is 3240. The van der Waals surface area contributed by atoms with Gasteiger partial charge in [0.1, 0.15) is 28.6 Å². The van der Waals surface area contributed by atoms with Crippen LogP contribution in [-0.2, 0) is 39.7 Å². The maximum atomic E-state index is 12.9. The fourth-order valence-electron chi connectivity index (χ4n) is 7.75. The van der Waals surface area contributed by atoms with E-state index in [1.165, 1.54) is 36.4 Å². The second-order valence-electron chi connectivity index (χ2n) is 16.7. The SMILES string of the molecule is CCCN(CCCl)c1ccc(C(=O)Nc2ccc3[nH]c(C(=O)Nc4cc(O)ccc4CCCl)cc3c2)cc1.Nc1cc(O)ccc1CCCl.O=C(Nc1cc(O)ccc1CCCl)c1cc2cc([N+](=O)[O-])ccc2[nH]1.[CH3-].[Pd]. The van der Waals surface area contributed by atoms with Crippen LogP contribution in [0.3, 0.4) is 0 Å².